The van der Waals surface area contributed by atoms with Crippen LogP contribution < -0.4 is 5.32 Å². The lowest BCUT2D eigenvalue weighted by atomic mass is 10.1. The molecule has 7 nitrogen and oxygen atoms in total. The molecule has 0 spiro atoms. The van der Waals surface area contributed by atoms with E-state index >= 15 is 0 Å². The van der Waals surface area contributed by atoms with Gasteiger partial charge in [0.1, 0.15) is 5.82 Å². The molecule has 3 rings (SSSR count). The van der Waals surface area contributed by atoms with Crippen LogP contribution in [0.4, 0.5) is 5.82 Å². The van der Waals surface area contributed by atoms with E-state index in [-0.39, 0.29) is 11.8 Å². The Labute approximate surface area is 145 Å². The number of hydrogen-bond acceptors (Lipinski definition) is 5. The van der Waals surface area contributed by atoms with Crippen LogP contribution in [0, 0.1) is 0 Å². The zero-order valence-corrected chi connectivity index (χ0v) is 14.0. The predicted molar refractivity (Wildman–Crippen MR) is 95.1 cm³/mol. The maximum Gasteiger partial charge on any atom is 0.252 e. The molecule has 3 aromatic rings. The van der Waals surface area contributed by atoms with E-state index in [1.165, 1.54) is 10.8 Å². The van der Waals surface area contributed by atoms with Crippen LogP contribution in [-0.4, -0.2) is 30.6 Å². The number of rotatable bonds is 5. The summed E-state index contributed by atoms with van der Waals surface area (Å²) >= 11 is 0. The zero-order valence-electron chi connectivity index (χ0n) is 14.0. The molecule has 1 N–H and O–H groups in total. The molecular formula is C18H18N6O. The Morgan fingerprint density at radius 2 is 1.88 bits per heavy atom. The maximum atomic E-state index is 12.3. The van der Waals surface area contributed by atoms with E-state index in [2.05, 4.69) is 25.4 Å². The van der Waals surface area contributed by atoms with Crippen molar-refractivity contribution >= 4 is 17.8 Å². The number of carbonyl (C=O) groups is 1. The summed E-state index contributed by atoms with van der Waals surface area (Å²) in [7, 11) is 0. The van der Waals surface area contributed by atoms with Crippen molar-refractivity contribution in [1.29, 1.82) is 0 Å². The number of nitrogens with zero attached hydrogens (tertiary/aromatic N) is 5. The third-order valence-corrected chi connectivity index (χ3v) is 3.45. The van der Waals surface area contributed by atoms with Crippen molar-refractivity contribution in [2.24, 2.45) is 0 Å². The topological polar surface area (TPSA) is 85.6 Å². The molecule has 1 amide bonds. The number of nitrogens with one attached hydrogen (secondary N) is 1. The van der Waals surface area contributed by atoms with Crippen molar-refractivity contribution in [3.8, 4) is 5.95 Å². The highest BCUT2D eigenvalue weighted by Crippen LogP contribution is 2.20. The minimum absolute atomic E-state index is 0.216. The first-order valence-corrected chi connectivity index (χ1v) is 7.90. The molecule has 25 heavy (non-hydrogen) atoms. The minimum atomic E-state index is -0.260. The van der Waals surface area contributed by atoms with Gasteiger partial charge in [-0.15, -0.1) is 0 Å². The van der Waals surface area contributed by atoms with Crippen LogP contribution in [0.15, 0.2) is 55.1 Å². The molecular weight excluding hydrogens is 316 g/mol. The van der Waals surface area contributed by atoms with E-state index in [4.69, 9.17) is 0 Å². The van der Waals surface area contributed by atoms with Gasteiger partial charge in [0, 0.05) is 36.9 Å². The summed E-state index contributed by atoms with van der Waals surface area (Å²) in [6.07, 6.45) is 9.80. The van der Waals surface area contributed by atoms with E-state index in [9.17, 15) is 4.79 Å². The first-order valence-electron chi connectivity index (χ1n) is 7.90. The van der Waals surface area contributed by atoms with Crippen molar-refractivity contribution in [2.75, 3.05) is 5.32 Å². The van der Waals surface area contributed by atoms with E-state index in [0.29, 0.717) is 11.8 Å². The molecule has 0 saturated heterocycles. The van der Waals surface area contributed by atoms with Crippen molar-refractivity contribution in [2.45, 2.75) is 19.8 Å². The van der Waals surface area contributed by atoms with Gasteiger partial charge in [-0.25, -0.2) is 9.97 Å². The second kappa shape index (κ2) is 7.48. The van der Waals surface area contributed by atoms with Gasteiger partial charge in [0.15, 0.2) is 0 Å². The van der Waals surface area contributed by atoms with Gasteiger partial charge in [-0.2, -0.15) is 9.78 Å². The molecule has 3 aromatic heterocycles. The molecule has 0 fully saturated rings. The van der Waals surface area contributed by atoms with Gasteiger partial charge in [-0.1, -0.05) is 13.8 Å². The van der Waals surface area contributed by atoms with Crippen molar-refractivity contribution in [3.05, 3.63) is 66.4 Å². The smallest absolute Gasteiger partial charge is 0.252 e. The number of amides is 1. The Bertz CT molecular complexity index is 871. The minimum Gasteiger partial charge on any atom is -0.307 e. The maximum absolute atomic E-state index is 12.3. The highest BCUT2D eigenvalue weighted by atomic mass is 16.1. The van der Waals surface area contributed by atoms with E-state index < -0.39 is 0 Å². The zero-order chi connectivity index (χ0) is 17.6. The summed E-state index contributed by atoms with van der Waals surface area (Å²) < 4.78 is 1.54. The summed E-state index contributed by atoms with van der Waals surface area (Å²) in [5.41, 5.74) is 1.74. The summed E-state index contributed by atoms with van der Waals surface area (Å²) in [5, 5.41) is 7.33. The molecule has 0 aliphatic heterocycles. The number of carbonyl (C=O) groups excluding carboxylic acids is 1. The predicted octanol–water partition coefficient (Wildman–Crippen LogP) is 2.83. The number of anilines is 1. The average Bonchev–Trinajstić information content (AvgIpc) is 3.06. The van der Waals surface area contributed by atoms with Gasteiger partial charge in [-0.3, -0.25) is 9.78 Å². The van der Waals surface area contributed by atoms with Gasteiger partial charge in [-0.05, 0) is 35.8 Å². The van der Waals surface area contributed by atoms with Gasteiger partial charge in [0.05, 0.1) is 5.69 Å². The Morgan fingerprint density at radius 1 is 1.16 bits per heavy atom. The van der Waals surface area contributed by atoms with Gasteiger partial charge in [0.2, 0.25) is 5.91 Å². The van der Waals surface area contributed by atoms with Gasteiger partial charge >= 0.3 is 0 Å². The second-order valence-corrected chi connectivity index (χ2v) is 5.67. The summed E-state index contributed by atoms with van der Waals surface area (Å²) in [6.45, 7) is 4.07. The molecule has 0 aliphatic rings. The highest BCUT2D eigenvalue weighted by molar-refractivity contribution is 6.01. The molecule has 0 aromatic carbocycles. The van der Waals surface area contributed by atoms with E-state index in [0.717, 1.165) is 11.3 Å². The largest absolute Gasteiger partial charge is 0.307 e. The van der Waals surface area contributed by atoms with Gasteiger partial charge < -0.3 is 5.32 Å². The fraction of sp³-hybridized carbons (Fsp3) is 0.167. The van der Waals surface area contributed by atoms with E-state index in [1.54, 1.807) is 36.9 Å². The number of hydrogen-bond donors (Lipinski definition) is 1. The van der Waals surface area contributed by atoms with Crippen molar-refractivity contribution in [1.82, 2.24) is 24.7 Å². The quantitative estimate of drug-likeness (QED) is 0.725. The van der Waals surface area contributed by atoms with Crippen LogP contribution in [0.5, 0.6) is 0 Å². The average molecular weight is 334 g/mol. The third kappa shape index (κ3) is 4.14. The first-order chi connectivity index (χ1) is 12.1. The van der Waals surface area contributed by atoms with Crippen LogP contribution in [0.3, 0.4) is 0 Å². The third-order valence-electron chi connectivity index (χ3n) is 3.45. The van der Waals surface area contributed by atoms with E-state index in [1.807, 2.05) is 32.0 Å². The SMILES string of the molecule is CC(C)c1cc(NC(=O)/C=C\c2ccncc2)n(-c2ncccn2)n1. The van der Waals surface area contributed by atoms with Crippen LogP contribution in [0.25, 0.3) is 12.0 Å². The lowest BCUT2D eigenvalue weighted by Gasteiger charge is -2.05. The molecule has 0 atom stereocenters. The molecule has 3 heterocycles. The van der Waals surface area contributed by atoms with Crippen molar-refractivity contribution in [3.63, 3.8) is 0 Å². The summed E-state index contributed by atoms with van der Waals surface area (Å²) in [4.78, 5) is 24.6. The van der Waals surface area contributed by atoms with Crippen LogP contribution in [0.1, 0.15) is 31.0 Å². The lowest BCUT2D eigenvalue weighted by Crippen LogP contribution is -2.13. The Hall–Kier alpha value is -3.35. The standard InChI is InChI=1S/C18H18N6O/c1-13(2)15-12-16(24(23-15)18-20-8-3-9-21-18)22-17(25)5-4-14-6-10-19-11-7-14/h3-13H,1-2H3,(H,22,25)/b5-4-. The molecule has 7 heteroatoms. The molecule has 0 bridgehead atoms. The second-order valence-electron chi connectivity index (χ2n) is 5.67. The molecule has 126 valence electrons. The number of aromatic nitrogens is 5. The lowest BCUT2D eigenvalue weighted by molar-refractivity contribution is -0.111. The van der Waals surface area contributed by atoms with Crippen LogP contribution in [0.2, 0.25) is 0 Å². The molecule has 0 radical (unpaired) electrons. The normalized spacial score (nSPS) is 11.2. The van der Waals surface area contributed by atoms with Crippen molar-refractivity contribution < 1.29 is 4.79 Å². The van der Waals surface area contributed by atoms with Crippen LogP contribution in [-0.2, 0) is 4.79 Å². The van der Waals surface area contributed by atoms with Gasteiger partial charge in [0.25, 0.3) is 5.95 Å². The fourth-order valence-corrected chi connectivity index (χ4v) is 2.14. The monoisotopic (exact) mass is 334 g/mol. The summed E-state index contributed by atoms with van der Waals surface area (Å²) in [5.74, 6) is 0.888. The summed E-state index contributed by atoms with van der Waals surface area (Å²) in [6, 6.07) is 7.21. The first kappa shape index (κ1) is 16.5. The molecule has 0 aliphatic carbocycles. The Morgan fingerprint density at radius 3 is 2.56 bits per heavy atom. The van der Waals surface area contributed by atoms with Crippen LogP contribution >= 0.6 is 0 Å². The molecule has 0 unspecified atom stereocenters. The highest BCUT2D eigenvalue weighted by Gasteiger charge is 2.14. The molecule has 0 saturated carbocycles. The Balaban J connectivity index is 1.84. The fourth-order valence-electron chi connectivity index (χ4n) is 2.14. The Kier molecular flexibility index (Phi) is 4.94. The number of pyridine rings is 1.